The largest absolute Gasteiger partial charge is 0.393 e. The Kier molecular flexibility index (Phi) is 14.8. The van der Waals surface area contributed by atoms with E-state index < -0.39 is 0 Å². The molecular weight excluding hydrogens is 546 g/mol. The lowest BCUT2D eigenvalue weighted by Crippen LogP contribution is -2.63. The van der Waals surface area contributed by atoms with Gasteiger partial charge in [0.15, 0.2) is 0 Å². The summed E-state index contributed by atoms with van der Waals surface area (Å²) in [6.45, 7) is 15.2. The summed E-state index contributed by atoms with van der Waals surface area (Å²) in [5.74, 6) is 3.37. The summed E-state index contributed by atoms with van der Waals surface area (Å²) < 4.78 is 13.2. The highest BCUT2D eigenvalue weighted by molar-refractivity contribution is 5.15. The van der Waals surface area contributed by atoms with E-state index in [2.05, 4.69) is 33.0 Å². The fraction of sp³-hybridized carbons (Fsp3) is 1.00. The molecule has 0 spiro atoms. The molecule has 0 bridgehead atoms. The van der Waals surface area contributed by atoms with E-state index in [1.807, 2.05) is 0 Å². The van der Waals surface area contributed by atoms with Crippen LogP contribution in [0.15, 0.2) is 0 Å². The van der Waals surface area contributed by atoms with Crippen molar-refractivity contribution >= 4 is 0 Å². The molecule has 4 saturated carbocycles. The van der Waals surface area contributed by atoms with Crippen LogP contribution in [0.3, 0.4) is 0 Å². The van der Waals surface area contributed by atoms with Crippen LogP contribution >= 0.6 is 0 Å². The maximum Gasteiger partial charge on any atom is 0.0637 e. The van der Waals surface area contributed by atoms with Gasteiger partial charge in [-0.1, -0.05) is 59.8 Å². The van der Waals surface area contributed by atoms with Crippen LogP contribution in [-0.2, 0) is 9.47 Å². The predicted molar refractivity (Wildman–Crippen MR) is 183 cm³/mol. The summed E-state index contributed by atoms with van der Waals surface area (Å²) in [5.41, 5.74) is 12.1. The normalized spacial score (nSPS) is 39.1. The number of rotatable bonds is 20. The molecule has 0 saturated heterocycles. The highest BCUT2D eigenvalue weighted by Crippen LogP contribution is 2.69. The number of unbranched alkanes of at least 4 members (excludes halogenated alkanes) is 5. The molecule has 11 atom stereocenters. The van der Waals surface area contributed by atoms with Crippen LogP contribution in [0.4, 0.5) is 0 Å². The Bertz CT molecular complexity index is 814. The zero-order valence-electron chi connectivity index (χ0n) is 29.4. The Morgan fingerprint density at radius 1 is 0.818 bits per heavy atom. The SMILES string of the molecule is CCCCCCCCNCCCC(C)C1CC[C@H]2C3[C@H](O)CC4C[C@H](OCCCN)CCC4(C)[C@H]3C[C@H](OCCCN)C12C. The van der Waals surface area contributed by atoms with Crippen molar-refractivity contribution in [3.05, 3.63) is 0 Å². The van der Waals surface area contributed by atoms with Crippen LogP contribution in [0, 0.1) is 46.3 Å². The molecule has 0 amide bonds. The van der Waals surface area contributed by atoms with Crippen molar-refractivity contribution in [3.63, 3.8) is 0 Å². The first-order chi connectivity index (χ1) is 21.3. The number of fused-ring (bicyclic) bond motifs is 5. The minimum Gasteiger partial charge on any atom is -0.393 e. The number of nitrogens with one attached hydrogen (secondary N) is 1. The summed E-state index contributed by atoms with van der Waals surface area (Å²) in [6, 6.07) is 0. The van der Waals surface area contributed by atoms with E-state index >= 15 is 0 Å². The molecule has 6 heteroatoms. The van der Waals surface area contributed by atoms with Gasteiger partial charge in [-0.05, 0) is 144 Å². The van der Waals surface area contributed by atoms with E-state index in [0.717, 1.165) is 58.3 Å². The second-order valence-electron chi connectivity index (χ2n) is 16.1. The van der Waals surface area contributed by atoms with Gasteiger partial charge in [0, 0.05) is 18.6 Å². The van der Waals surface area contributed by atoms with Gasteiger partial charge in [-0.25, -0.2) is 0 Å². The van der Waals surface area contributed by atoms with Crippen molar-refractivity contribution in [2.45, 2.75) is 155 Å². The molecule has 0 aromatic carbocycles. The Hall–Kier alpha value is -0.240. The van der Waals surface area contributed by atoms with Gasteiger partial charge in [0.2, 0.25) is 0 Å². The lowest BCUT2D eigenvalue weighted by Gasteiger charge is -2.64. The van der Waals surface area contributed by atoms with Crippen molar-refractivity contribution in [1.29, 1.82) is 0 Å². The second-order valence-corrected chi connectivity index (χ2v) is 16.1. The summed E-state index contributed by atoms with van der Waals surface area (Å²) in [6.07, 6.45) is 21.0. The third-order valence-electron chi connectivity index (χ3n) is 13.6. The first-order valence-electron chi connectivity index (χ1n) is 19.3. The molecule has 0 aromatic heterocycles. The molecule has 0 heterocycles. The average Bonchev–Trinajstić information content (AvgIpc) is 3.37. The third kappa shape index (κ3) is 8.42. The number of hydrogen-bond acceptors (Lipinski definition) is 6. The van der Waals surface area contributed by atoms with Crippen molar-refractivity contribution in [2.75, 3.05) is 39.4 Å². The molecule has 44 heavy (non-hydrogen) atoms. The third-order valence-corrected chi connectivity index (χ3v) is 13.6. The average molecular weight is 620 g/mol. The minimum absolute atomic E-state index is 0.133. The molecular formula is C38H73N3O3. The van der Waals surface area contributed by atoms with E-state index in [4.69, 9.17) is 20.9 Å². The van der Waals surface area contributed by atoms with Gasteiger partial charge >= 0.3 is 0 Å². The van der Waals surface area contributed by atoms with E-state index in [1.54, 1.807) is 0 Å². The summed E-state index contributed by atoms with van der Waals surface area (Å²) >= 11 is 0. The lowest BCUT2D eigenvalue weighted by molar-refractivity contribution is -0.219. The van der Waals surface area contributed by atoms with Crippen LogP contribution in [0.5, 0.6) is 0 Å². The van der Waals surface area contributed by atoms with Gasteiger partial charge in [-0.3, -0.25) is 0 Å². The maximum atomic E-state index is 11.9. The molecule has 258 valence electrons. The number of nitrogens with two attached hydrogens (primary N) is 2. The fourth-order valence-corrected chi connectivity index (χ4v) is 11.0. The fourth-order valence-electron chi connectivity index (χ4n) is 11.0. The lowest BCUT2D eigenvalue weighted by atomic mass is 9.43. The van der Waals surface area contributed by atoms with Crippen LogP contribution in [-0.4, -0.2) is 62.8 Å². The van der Waals surface area contributed by atoms with Gasteiger partial charge in [0.25, 0.3) is 0 Å². The number of aliphatic hydroxyl groups is 1. The van der Waals surface area contributed by atoms with Crippen LogP contribution < -0.4 is 16.8 Å². The van der Waals surface area contributed by atoms with Gasteiger partial charge in [0.05, 0.1) is 18.3 Å². The van der Waals surface area contributed by atoms with Crippen molar-refractivity contribution in [2.24, 2.45) is 57.8 Å². The van der Waals surface area contributed by atoms with Crippen molar-refractivity contribution < 1.29 is 14.6 Å². The highest BCUT2D eigenvalue weighted by Gasteiger charge is 2.66. The Morgan fingerprint density at radius 3 is 2.27 bits per heavy atom. The molecule has 6 N–H and O–H groups in total. The standard InChI is InChI=1S/C38H73N3O3/c1-5-6-7-8-9-10-21-41-22-11-14-28(2)31-15-16-32-36-33(27-35(38(31,32)4)44-24-13-20-40)37(3)18-17-30(43-23-12-19-39)25-29(37)26-34(36)42/h28-36,41-42H,5-27,39-40H2,1-4H3/t28?,29?,30-,31?,32+,33+,34-,35+,36?,37?,38?/m1/s1. The van der Waals surface area contributed by atoms with Crippen LogP contribution in [0.2, 0.25) is 0 Å². The van der Waals surface area contributed by atoms with Crippen LogP contribution in [0.25, 0.3) is 0 Å². The van der Waals surface area contributed by atoms with Gasteiger partial charge in [0.1, 0.15) is 0 Å². The maximum absolute atomic E-state index is 11.9. The molecule has 0 aliphatic heterocycles. The molecule has 0 radical (unpaired) electrons. The Morgan fingerprint density at radius 2 is 1.52 bits per heavy atom. The predicted octanol–water partition coefficient (Wildman–Crippen LogP) is 7.06. The highest BCUT2D eigenvalue weighted by atomic mass is 16.5. The smallest absolute Gasteiger partial charge is 0.0637 e. The quantitative estimate of drug-likeness (QED) is 0.109. The van der Waals surface area contributed by atoms with E-state index in [0.29, 0.717) is 54.7 Å². The second kappa shape index (κ2) is 17.8. The zero-order valence-corrected chi connectivity index (χ0v) is 29.4. The van der Waals surface area contributed by atoms with Crippen molar-refractivity contribution in [3.8, 4) is 0 Å². The molecule has 4 aliphatic rings. The minimum atomic E-state index is -0.199. The number of ether oxygens (including phenoxy) is 2. The van der Waals surface area contributed by atoms with E-state index in [9.17, 15) is 5.11 Å². The van der Waals surface area contributed by atoms with Gasteiger partial charge < -0.3 is 31.4 Å². The molecule has 0 aromatic rings. The topological polar surface area (TPSA) is 103 Å². The zero-order chi connectivity index (χ0) is 31.6. The summed E-state index contributed by atoms with van der Waals surface area (Å²) in [7, 11) is 0. The van der Waals surface area contributed by atoms with Gasteiger partial charge in [-0.15, -0.1) is 0 Å². The summed E-state index contributed by atoms with van der Waals surface area (Å²) in [5, 5.41) is 15.7. The Balaban J connectivity index is 1.39. The molecule has 6 unspecified atom stereocenters. The van der Waals surface area contributed by atoms with Crippen molar-refractivity contribution in [1.82, 2.24) is 5.32 Å². The Labute approximate surface area is 271 Å². The van der Waals surface area contributed by atoms with E-state index in [-0.39, 0.29) is 23.0 Å². The molecule has 4 rings (SSSR count). The van der Waals surface area contributed by atoms with Gasteiger partial charge in [-0.2, -0.15) is 0 Å². The molecule has 4 aliphatic carbocycles. The van der Waals surface area contributed by atoms with E-state index in [1.165, 1.54) is 77.2 Å². The monoisotopic (exact) mass is 620 g/mol. The van der Waals surface area contributed by atoms with Crippen LogP contribution in [0.1, 0.15) is 137 Å². The number of aliphatic hydroxyl groups excluding tert-OH is 1. The molecule has 4 fully saturated rings. The summed E-state index contributed by atoms with van der Waals surface area (Å²) in [4.78, 5) is 0. The first-order valence-corrected chi connectivity index (χ1v) is 19.3. The first kappa shape index (κ1) is 36.6. The number of hydrogen-bond donors (Lipinski definition) is 4. The molecule has 6 nitrogen and oxygen atoms in total.